The van der Waals surface area contributed by atoms with Crippen LogP contribution in [-0.4, -0.2) is 35.3 Å². The van der Waals surface area contributed by atoms with E-state index in [2.05, 4.69) is 18.3 Å². The second-order valence-corrected chi connectivity index (χ2v) is 5.03. The van der Waals surface area contributed by atoms with E-state index in [1.54, 1.807) is 11.8 Å². The molecule has 0 amide bonds. The Hall–Kier alpha value is -0.240. The van der Waals surface area contributed by atoms with Crippen LogP contribution in [0.5, 0.6) is 0 Å². The Balaban J connectivity index is 3.64. The van der Waals surface area contributed by atoms with E-state index in [0.29, 0.717) is 0 Å². The van der Waals surface area contributed by atoms with Gasteiger partial charge in [-0.05, 0) is 38.5 Å². The molecule has 0 spiro atoms. The highest BCUT2D eigenvalue weighted by molar-refractivity contribution is 7.99. The first kappa shape index (κ1) is 14.8. The summed E-state index contributed by atoms with van der Waals surface area (Å²) in [5.41, 5.74) is -0.379. The molecule has 0 aliphatic heterocycles. The van der Waals surface area contributed by atoms with Gasteiger partial charge < -0.3 is 5.11 Å². The lowest BCUT2D eigenvalue weighted by Gasteiger charge is -2.22. The highest BCUT2D eigenvalue weighted by Gasteiger charge is 2.21. The Morgan fingerprint density at radius 2 is 2.20 bits per heavy atom. The molecule has 88 valence electrons. The summed E-state index contributed by atoms with van der Waals surface area (Å²) in [5, 5.41) is 20.9. The van der Waals surface area contributed by atoms with Gasteiger partial charge in [-0.3, -0.25) is 5.32 Å². The van der Waals surface area contributed by atoms with Crippen molar-refractivity contribution in [2.24, 2.45) is 0 Å². The summed E-state index contributed by atoms with van der Waals surface area (Å²) in [6.45, 7) is 5.20. The molecule has 0 rings (SSSR count). The third-order valence-corrected chi connectivity index (χ3v) is 3.26. The van der Waals surface area contributed by atoms with E-state index < -0.39 is 0 Å². The number of hydrogen-bond donors (Lipinski definition) is 2. The normalized spacial score (nSPS) is 14.5. The predicted molar refractivity (Wildman–Crippen MR) is 66.0 cm³/mol. The summed E-state index contributed by atoms with van der Waals surface area (Å²) in [4.78, 5) is 0. The first-order chi connectivity index (χ1) is 7.18. The minimum atomic E-state index is -0.379. The fraction of sp³-hybridized carbons (Fsp3) is 0.909. The number of aliphatic hydroxyl groups excluding tert-OH is 1. The maximum absolute atomic E-state index is 9.06. The molecular formula is C11H22N2OS. The lowest BCUT2D eigenvalue weighted by Crippen LogP contribution is -2.41. The molecule has 0 saturated heterocycles. The van der Waals surface area contributed by atoms with E-state index in [1.807, 2.05) is 6.92 Å². The molecule has 0 aromatic rings. The Kier molecular flexibility index (Phi) is 8.88. The van der Waals surface area contributed by atoms with Gasteiger partial charge in [-0.1, -0.05) is 6.92 Å². The highest BCUT2D eigenvalue weighted by atomic mass is 32.2. The number of nitriles is 1. The molecule has 15 heavy (non-hydrogen) atoms. The van der Waals surface area contributed by atoms with Crippen molar-refractivity contribution in [3.05, 3.63) is 0 Å². The third-order valence-electron chi connectivity index (χ3n) is 2.21. The van der Waals surface area contributed by atoms with Crippen molar-refractivity contribution in [1.82, 2.24) is 5.32 Å². The maximum Gasteiger partial charge on any atom is 0.103 e. The summed E-state index contributed by atoms with van der Waals surface area (Å²) in [7, 11) is 0. The average Bonchev–Trinajstić information content (AvgIpc) is 2.26. The molecule has 0 aromatic heterocycles. The van der Waals surface area contributed by atoms with Crippen LogP contribution >= 0.6 is 11.8 Å². The van der Waals surface area contributed by atoms with E-state index in [1.165, 1.54) is 0 Å². The van der Waals surface area contributed by atoms with E-state index >= 15 is 0 Å². The first-order valence-corrected chi connectivity index (χ1v) is 6.69. The average molecular weight is 230 g/mol. The van der Waals surface area contributed by atoms with Gasteiger partial charge in [0.1, 0.15) is 5.54 Å². The Labute approximate surface area is 97.2 Å². The fourth-order valence-electron chi connectivity index (χ4n) is 1.28. The van der Waals surface area contributed by atoms with Crippen LogP contribution in [0.1, 0.15) is 33.1 Å². The number of nitrogens with one attached hydrogen (secondary N) is 1. The quantitative estimate of drug-likeness (QED) is 0.593. The molecule has 1 unspecified atom stereocenters. The lowest BCUT2D eigenvalue weighted by molar-refractivity contribution is 0.322. The Morgan fingerprint density at radius 3 is 2.73 bits per heavy atom. The van der Waals surface area contributed by atoms with Gasteiger partial charge in [0, 0.05) is 5.75 Å². The zero-order valence-electron chi connectivity index (χ0n) is 9.75. The van der Waals surface area contributed by atoms with Crippen molar-refractivity contribution in [1.29, 1.82) is 5.26 Å². The van der Waals surface area contributed by atoms with Gasteiger partial charge in [-0.2, -0.15) is 17.0 Å². The van der Waals surface area contributed by atoms with Crippen molar-refractivity contribution in [2.45, 2.75) is 38.6 Å². The highest BCUT2D eigenvalue weighted by Crippen LogP contribution is 2.14. The van der Waals surface area contributed by atoms with Gasteiger partial charge >= 0.3 is 0 Å². The molecule has 0 aliphatic carbocycles. The fourth-order valence-corrected chi connectivity index (χ4v) is 1.96. The standard InChI is InChI=1S/C11H22N2OS/c1-3-6-13-11(2,10-12)5-4-8-15-9-7-14/h13-14H,3-9H2,1-2H3. The minimum Gasteiger partial charge on any atom is -0.396 e. The van der Waals surface area contributed by atoms with Crippen molar-refractivity contribution < 1.29 is 5.11 Å². The van der Waals surface area contributed by atoms with Crippen molar-refractivity contribution >= 4 is 11.8 Å². The summed E-state index contributed by atoms with van der Waals surface area (Å²) in [6.07, 6.45) is 2.95. The molecule has 0 radical (unpaired) electrons. The number of thioether (sulfide) groups is 1. The SMILES string of the molecule is CCCNC(C)(C#N)CCCSCCO. The molecule has 0 heterocycles. The van der Waals surface area contributed by atoms with Gasteiger partial charge in [-0.15, -0.1) is 0 Å². The van der Waals surface area contributed by atoms with Gasteiger partial charge in [-0.25, -0.2) is 0 Å². The van der Waals surface area contributed by atoms with E-state index in [-0.39, 0.29) is 12.1 Å². The lowest BCUT2D eigenvalue weighted by atomic mass is 9.98. The monoisotopic (exact) mass is 230 g/mol. The predicted octanol–water partition coefficient (Wildman–Crippen LogP) is 1.77. The second kappa shape index (κ2) is 9.02. The maximum atomic E-state index is 9.06. The van der Waals surface area contributed by atoms with E-state index in [0.717, 1.165) is 37.3 Å². The summed E-state index contributed by atoms with van der Waals surface area (Å²) in [6, 6.07) is 2.33. The van der Waals surface area contributed by atoms with Crippen molar-refractivity contribution in [3.8, 4) is 6.07 Å². The molecule has 0 saturated carbocycles. The smallest absolute Gasteiger partial charge is 0.103 e. The van der Waals surface area contributed by atoms with Crippen LogP contribution in [0, 0.1) is 11.3 Å². The van der Waals surface area contributed by atoms with Gasteiger partial charge in [0.05, 0.1) is 12.7 Å². The molecule has 3 nitrogen and oxygen atoms in total. The molecule has 1 atom stereocenters. The molecule has 0 bridgehead atoms. The zero-order valence-corrected chi connectivity index (χ0v) is 10.6. The third kappa shape index (κ3) is 7.66. The molecule has 0 aromatic carbocycles. The number of aliphatic hydroxyl groups is 1. The summed E-state index contributed by atoms with van der Waals surface area (Å²) < 4.78 is 0. The largest absolute Gasteiger partial charge is 0.396 e. The van der Waals surface area contributed by atoms with Crippen LogP contribution in [-0.2, 0) is 0 Å². The number of nitrogens with zero attached hydrogens (tertiary/aromatic N) is 1. The zero-order chi connectivity index (χ0) is 11.6. The molecule has 4 heteroatoms. The van der Waals surface area contributed by atoms with E-state index in [4.69, 9.17) is 10.4 Å². The summed E-state index contributed by atoms with van der Waals surface area (Å²) in [5.74, 6) is 1.82. The van der Waals surface area contributed by atoms with Crippen LogP contribution in [0.2, 0.25) is 0 Å². The van der Waals surface area contributed by atoms with Gasteiger partial charge in [0.15, 0.2) is 0 Å². The van der Waals surface area contributed by atoms with Crippen LogP contribution in [0.3, 0.4) is 0 Å². The number of hydrogen-bond acceptors (Lipinski definition) is 4. The Morgan fingerprint density at radius 1 is 1.47 bits per heavy atom. The minimum absolute atomic E-state index is 0.244. The second-order valence-electron chi connectivity index (χ2n) is 3.81. The molecule has 0 fully saturated rings. The van der Waals surface area contributed by atoms with Crippen LogP contribution < -0.4 is 5.32 Å². The summed E-state index contributed by atoms with van der Waals surface area (Å²) >= 11 is 1.74. The van der Waals surface area contributed by atoms with E-state index in [9.17, 15) is 0 Å². The first-order valence-electron chi connectivity index (χ1n) is 5.53. The van der Waals surface area contributed by atoms with Crippen molar-refractivity contribution in [2.75, 3.05) is 24.7 Å². The topological polar surface area (TPSA) is 56.0 Å². The molecular weight excluding hydrogens is 208 g/mol. The van der Waals surface area contributed by atoms with Gasteiger partial charge in [0.2, 0.25) is 0 Å². The van der Waals surface area contributed by atoms with Crippen molar-refractivity contribution in [3.63, 3.8) is 0 Å². The molecule has 0 aliphatic rings. The van der Waals surface area contributed by atoms with Crippen LogP contribution in [0.4, 0.5) is 0 Å². The molecule has 2 N–H and O–H groups in total. The van der Waals surface area contributed by atoms with Gasteiger partial charge in [0.25, 0.3) is 0 Å². The number of rotatable bonds is 9. The van der Waals surface area contributed by atoms with Crippen LogP contribution in [0.25, 0.3) is 0 Å². The van der Waals surface area contributed by atoms with Crippen LogP contribution in [0.15, 0.2) is 0 Å². The Bertz CT molecular complexity index is 194.